The number of rotatable bonds is 1. The molecule has 0 N–H and O–H groups in total. The Balaban J connectivity index is 3.13. The first-order chi connectivity index (χ1) is 7.41. The van der Waals surface area contributed by atoms with Crippen LogP contribution in [0.2, 0.25) is 0 Å². The van der Waals surface area contributed by atoms with Crippen LogP contribution in [-0.2, 0) is 0 Å². The first kappa shape index (κ1) is 12.6. The van der Waals surface area contributed by atoms with E-state index in [4.69, 9.17) is 0 Å². The zero-order chi connectivity index (χ0) is 12.3. The zero-order valence-corrected chi connectivity index (χ0v) is 11.1. The fourth-order valence-electron chi connectivity index (χ4n) is 1.64. The molecule has 1 aromatic carbocycles. The maximum atomic E-state index is 4.67. The van der Waals surface area contributed by atoms with Gasteiger partial charge in [-0.1, -0.05) is 17.7 Å². The number of aryl methyl sites for hydroxylation is 2. The van der Waals surface area contributed by atoms with Crippen LogP contribution in [0.5, 0.6) is 0 Å². The molecular formula is C13H21N3. The van der Waals surface area contributed by atoms with Crippen LogP contribution in [0.25, 0.3) is 0 Å². The van der Waals surface area contributed by atoms with Crippen LogP contribution in [0, 0.1) is 13.8 Å². The number of hydrogen-bond donors (Lipinski definition) is 0. The topological polar surface area (TPSA) is 18.8 Å². The number of guanidine groups is 1. The predicted octanol–water partition coefficient (Wildman–Crippen LogP) is 2.41. The molecule has 0 amide bonds. The highest BCUT2D eigenvalue weighted by Crippen LogP contribution is 2.20. The molecular weight excluding hydrogens is 198 g/mol. The lowest BCUT2D eigenvalue weighted by molar-refractivity contribution is 0.484. The van der Waals surface area contributed by atoms with Crippen molar-refractivity contribution in [1.29, 1.82) is 0 Å². The summed E-state index contributed by atoms with van der Waals surface area (Å²) in [6, 6.07) is 6.31. The first-order valence-electron chi connectivity index (χ1n) is 5.42. The van der Waals surface area contributed by atoms with Gasteiger partial charge >= 0.3 is 0 Å². The number of benzene rings is 1. The third-order valence-electron chi connectivity index (χ3n) is 2.37. The lowest BCUT2D eigenvalue weighted by Crippen LogP contribution is -2.35. The van der Waals surface area contributed by atoms with Gasteiger partial charge in [0.1, 0.15) is 0 Å². The maximum Gasteiger partial charge on any atom is 0.200 e. The molecule has 0 aliphatic rings. The Kier molecular flexibility index (Phi) is 3.93. The second-order valence-electron chi connectivity index (χ2n) is 4.49. The Morgan fingerprint density at radius 2 is 1.56 bits per heavy atom. The monoisotopic (exact) mass is 219 g/mol. The largest absolute Gasteiger partial charge is 0.349 e. The van der Waals surface area contributed by atoms with Gasteiger partial charge in [-0.2, -0.15) is 0 Å². The van der Waals surface area contributed by atoms with E-state index in [2.05, 4.69) is 37.0 Å². The molecule has 0 atom stereocenters. The Morgan fingerprint density at radius 3 is 2.00 bits per heavy atom. The van der Waals surface area contributed by atoms with E-state index in [-0.39, 0.29) is 0 Å². The van der Waals surface area contributed by atoms with E-state index in [1.54, 1.807) is 0 Å². The van der Waals surface area contributed by atoms with Gasteiger partial charge in [-0.25, -0.2) is 4.99 Å². The van der Waals surface area contributed by atoms with Crippen molar-refractivity contribution in [2.75, 3.05) is 28.2 Å². The average Bonchev–Trinajstić information content (AvgIpc) is 2.15. The summed E-state index contributed by atoms with van der Waals surface area (Å²) in [5, 5.41) is 0. The van der Waals surface area contributed by atoms with Gasteiger partial charge in [-0.05, 0) is 25.5 Å². The van der Waals surface area contributed by atoms with Crippen LogP contribution in [-0.4, -0.2) is 44.0 Å². The van der Waals surface area contributed by atoms with E-state index in [1.165, 1.54) is 11.1 Å². The molecule has 0 unspecified atom stereocenters. The molecule has 0 radical (unpaired) electrons. The maximum absolute atomic E-state index is 4.67. The van der Waals surface area contributed by atoms with E-state index in [9.17, 15) is 0 Å². The van der Waals surface area contributed by atoms with Gasteiger partial charge in [0.2, 0.25) is 5.96 Å². The Bertz CT molecular complexity index is 382. The van der Waals surface area contributed by atoms with Crippen molar-refractivity contribution in [1.82, 2.24) is 9.80 Å². The highest BCUT2D eigenvalue weighted by atomic mass is 15.3. The third-order valence-corrected chi connectivity index (χ3v) is 2.37. The Morgan fingerprint density at radius 1 is 1.00 bits per heavy atom. The van der Waals surface area contributed by atoms with Crippen LogP contribution >= 0.6 is 0 Å². The van der Waals surface area contributed by atoms with Crippen LogP contribution < -0.4 is 0 Å². The predicted molar refractivity (Wildman–Crippen MR) is 70.4 cm³/mol. The van der Waals surface area contributed by atoms with Crippen LogP contribution in [0.4, 0.5) is 5.69 Å². The summed E-state index contributed by atoms with van der Waals surface area (Å²) in [4.78, 5) is 8.69. The standard InChI is InChI=1S/C13H21N3/c1-10-7-8-12(11(2)9-10)14-13(15(3)4)16(5)6/h7-9H,1-6H3. The molecule has 0 fully saturated rings. The van der Waals surface area contributed by atoms with Crippen molar-refractivity contribution < 1.29 is 0 Å². The fraction of sp³-hybridized carbons (Fsp3) is 0.462. The molecule has 0 saturated heterocycles. The molecule has 88 valence electrons. The highest BCUT2D eigenvalue weighted by molar-refractivity contribution is 5.82. The summed E-state index contributed by atoms with van der Waals surface area (Å²) >= 11 is 0. The summed E-state index contributed by atoms with van der Waals surface area (Å²) in [6.45, 7) is 4.19. The average molecular weight is 219 g/mol. The number of nitrogens with zero attached hydrogens (tertiary/aromatic N) is 3. The molecule has 1 aromatic rings. The molecule has 0 heterocycles. The van der Waals surface area contributed by atoms with E-state index in [0.717, 1.165) is 11.6 Å². The summed E-state index contributed by atoms with van der Waals surface area (Å²) in [6.07, 6.45) is 0. The summed E-state index contributed by atoms with van der Waals surface area (Å²) in [5.41, 5.74) is 3.51. The van der Waals surface area contributed by atoms with E-state index in [1.807, 2.05) is 38.0 Å². The van der Waals surface area contributed by atoms with Crippen LogP contribution in [0.1, 0.15) is 11.1 Å². The first-order valence-corrected chi connectivity index (χ1v) is 5.42. The minimum atomic E-state index is 0.951. The van der Waals surface area contributed by atoms with Crippen molar-refractivity contribution >= 4 is 11.6 Å². The van der Waals surface area contributed by atoms with Crippen molar-refractivity contribution in [3.63, 3.8) is 0 Å². The smallest absolute Gasteiger partial charge is 0.200 e. The zero-order valence-electron chi connectivity index (χ0n) is 11.1. The summed E-state index contributed by atoms with van der Waals surface area (Å²) < 4.78 is 0. The SMILES string of the molecule is Cc1ccc(N=C(N(C)C)N(C)C)c(C)c1. The molecule has 0 aromatic heterocycles. The second kappa shape index (κ2) is 5.01. The van der Waals surface area contributed by atoms with Gasteiger partial charge < -0.3 is 9.80 Å². The van der Waals surface area contributed by atoms with E-state index >= 15 is 0 Å². The lowest BCUT2D eigenvalue weighted by atomic mass is 10.1. The van der Waals surface area contributed by atoms with Crippen molar-refractivity contribution in [3.05, 3.63) is 29.3 Å². The summed E-state index contributed by atoms with van der Waals surface area (Å²) in [7, 11) is 8.01. The third kappa shape index (κ3) is 2.99. The minimum absolute atomic E-state index is 0.951. The minimum Gasteiger partial charge on any atom is -0.349 e. The van der Waals surface area contributed by atoms with Gasteiger partial charge in [-0.3, -0.25) is 0 Å². The molecule has 0 saturated carbocycles. The Labute approximate surface area is 98.4 Å². The van der Waals surface area contributed by atoms with Crippen molar-refractivity contribution in [3.8, 4) is 0 Å². The molecule has 3 nitrogen and oxygen atoms in total. The van der Waals surface area contributed by atoms with Crippen molar-refractivity contribution in [2.45, 2.75) is 13.8 Å². The highest BCUT2D eigenvalue weighted by Gasteiger charge is 2.05. The fourth-order valence-corrected chi connectivity index (χ4v) is 1.64. The van der Waals surface area contributed by atoms with Crippen molar-refractivity contribution in [2.24, 2.45) is 4.99 Å². The molecule has 3 heteroatoms. The lowest BCUT2D eigenvalue weighted by Gasteiger charge is -2.22. The number of aliphatic imine (C=N–C) groups is 1. The van der Waals surface area contributed by atoms with Gasteiger partial charge in [0, 0.05) is 28.2 Å². The summed E-state index contributed by atoms with van der Waals surface area (Å²) in [5.74, 6) is 0.951. The molecule has 16 heavy (non-hydrogen) atoms. The molecule has 0 bridgehead atoms. The van der Waals surface area contributed by atoms with E-state index < -0.39 is 0 Å². The van der Waals surface area contributed by atoms with Crippen LogP contribution in [0.3, 0.4) is 0 Å². The molecule has 1 rings (SSSR count). The Hall–Kier alpha value is -1.51. The normalized spacial score (nSPS) is 9.88. The van der Waals surface area contributed by atoms with Gasteiger partial charge in [-0.15, -0.1) is 0 Å². The molecule has 0 aliphatic heterocycles. The van der Waals surface area contributed by atoms with Gasteiger partial charge in [0.15, 0.2) is 0 Å². The quantitative estimate of drug-likeness (QED) is 0.533. The number of hydrogen-bond acceptors (Lipinski definition) is 1. The second-order valence-corrected chi connectivity index (χ2v) is 4.49. The van der Waals surface area contributed by atoms with Gasteiger partial charge in [0.05, 0.1) is 5.69 Å². The van der Waals surface area contributed by atoms with Crippen LogP contribution in [0.15, 0.2) is 23.2 Å². The van der Waals surface area contributed by atoms with Gasteiger partial charge in [0.25, 0.3) is 0 Å². The molecule has 0 spiro atoms. The molecule has 0 aliphatic carbocycles. The van der Waals surface area contributed by atoms with E-state index in [0.29, 0.717) is 0 Å².